The minimum atomic E-state index is -1.19. The molecule has 9 heteroatoms. The number of carbonyl (C=O) groups excluding carboxylic acids is 1. The fraction of sp³-hybridized carbons (Fsp3) is 0.500. The zero-order valence-electron chi connectivity index (χ0n) is 11.6. The summed E-state index contributed by atoms with van der Waals surface area (Å²) in [6.07, 6.45) is 3.30. The maximum absolute atomic E-state index is 11.9. The average Bonchev–Trinajstić information content (AvgIpc) is 2.89. The Morgan fingerprint density at radius 3 is 2.67 bits per heavy atom. The Bertz CT molecular complexity index is 488. The van der Waals surface area contributed by atoms with Crippen molar-refractivity contribution in [1.82, 2.24) is 20.4 Å². The van der Waals surface area contributed by atoms with Crippen molar-refractivity contribution in [1.29, 1.82) is 0 Å². The van der Waals surface area contributed by atoms with Gasteiger partial charge in [0.25, 0.3) is 0 Å². The SMILES string of the molecule is CN(Cc1cn[nH]c1)C(=O)N[C@H](CCCC(=O)O)C(=O)O. The van der Waals surface area contributed by atoms with Crippen LogP contribution >= 0.6 is 0 Å². The Kier molecular flexibility index (Phi) is 6.18. The Labute approximate surface area is 120 Å². The second kappa shape index (κ2) is 7.88. The number of hydrogen-bond acceptors (Lipinski definition) is 4. The van der Waals surface area contributed by atoms with Crippen molar-refractivity contribution in [3.05, 3.63) is 18.0 Å². The van der Waals surface area contributed by atoms with E-state index in [0.29, 0.717) is 0 Å². The van der Waals surface area contributed by atoms with Gasteiger partial charge in [-0.15, -0.1) is 0 Å². The summed E-state index contributed by atoms with van der Waals surface area (Å²) in [5, 5.41) is 26.3. The van der Waals surface area contributed by atoms with E-state index >= 15 is 0 Å². The Hall–Kier alpha value is -2.58. The summed E-state index contributed by atoms with van der Waals surface area (Å²) in [6.45, 7) is 0.282. The highest BCUT2D eigenvalue weighted by atomic mass is 16.4. The molecule has 0 saturated carbocycles. The summed E-state index contributed by atoms with van der Waals surface area (Å²) < 4.78 is 0. The van der Waals surface area contributed by atoms with Crippen molar-refractivity contribution >= 4 is 18.0 Å². The Morgan fingerprint density at radius 2 is 2.14 bits per heavy atom. The molecule has 21 heavy (non-hydrogen) atoms. The van der Waals surface area contributed by atoms with E-state index in [1.165, 1.54) is 11.9 Å². The third-order valence-electron chi connectivity index (χ3n) is 2.80. The van der Waals surface area contributed by atoms with E-state index in [-0.39, 0.29) is 25.8 Å². The van der Waals surface area contributed by atoms with Crippen LogP contribution in [0, 0.1) is 0 Å². The third kappa shape index (κ3) is 5.93. The molecule has 0 fully saturated rings. The van der Waals surface area contributed by atoms with Crippen LogP contribution < -0.4 is 5.32 Å². The van der Waals surface area contributed by atoms with Gasteiger partial charge in [-0.2, -0.15) is 5.10 Å². The lowest BCUT2D eigenvalue weighted by molar-refractivity contribution is -0.140. The van der Waals surface area contributed by atoms with E-state index in [1.54, 1.807) is 12.4 Å². The van der Waals surface area contributed by atoms with E-state index in [9.17, 15) is 14.4 Å². The lowest BCUT2D eigenvalue weighted by Crippen LogP contribution is -2.46. The fourth-order valence-corrected chi connectivity index (χ4v) is 1.68. The number of aliphatic carboxylic acids is 2. The predicted molar refractivity (Wildman–Crippen MR) is 71.5 cm³/mol. The zero-order chi connectivity index (χ0) is 15.8. The molecule has 0 aliphatic rings. The predicted octanol–water partition coefficient (Wildman–Crippen LogP) is 0.259. The van der Waals surface area contributed by atoms with Crippen molar-refractivity contribution in [3.63, 3.8) is 0 Å². The molecule has 0 aliphatic heterocycles. The molecule has 116 valence electrons. The summed E-state index contributed by atoms with van der Waals surface area (Å²) in [5.74, 6) is -2.19. The van der Waals surface area contributed by atoms with Crippen LogP contribution in [0.3, 0.4) is 0 Å². The average molecular weight is 298 g/mol. The first kappa shape index (κ1) is 16.5. The van der Waals surface area contributed by atoms with Gasteiger partial charge in [0.2, 0.25) is 0 Å². The Balaban J connectivity index is 2.47. The molecule has 4 N–H and O–H groups in total. The molecule has 1 aromatic rings. The summed E-state index contributed by atoms with van der Waals surface area (Å²) >= 11 is 0. The number of nitrogens with zero attached hydrogens (tertiary/aromatic N) is 2. The van der Waals surface area contributed by atoms with Gasteiger partial charge < -0.3 is 20.4 Å². The molecule has 1 atom stereocenters. The lowest BCUT2D eigenvalue weighted by atomic mass is 10.1. The highest BCUT2D eigenvalue weighted by Gasteiger charge is 2.21. The van der Waals surface area contributed by atoms with Crippen molar-refractivity contribution in [2.24, 2.45) is 0 Å². The number of hydrogen-bond donors (Lipinski definition) is 4. The molecule has 0 saturated heterocycles. The van der Waals surface area contributed by atoms with E-state index in [4.69, 9.17) is 10.2 Å². The van der Waals surface area contributed by atoms with Crippen molar-refractivity contribution in [2.75, 3.05) is 7.05 Å². The van der Waals surface area contributed by atoms with Gasteiger partial charge in [0.1, 0.15) is 6.04 Å². The maximum atomic E-state index is 11.9. The van der Waals surface area contributed by atoms with Gasteiger partial charge >= 0.3 is 18.0 Å². The molecule has 2 amide bonds. The molecule has 9 nitrogen and oxygen atoms in total. The van der Waals surface area contributed by atoms with Gasteiger partial charge in [-0.25, -0.2) is 9.59 Å². The van der Waals surface area contributed by atoms with Crippen molar-refractivity contribution in [2.45, 2.75) is 31.8 Å². The number of carboxylic acid groups (broad SMARTS) is 2. The normalized spacial score (nSPS) is 11.7. The number of urea groups is 1. The standard InChI is InChI=1S/C12H18N4O5/c1-16(7-8-5-13-14-6-8)12(21)15-9(11(19)20)3-2-4-10(17)18/h5-6,9H,2-4,7H2,1H3,(H,13,14)(H,15,21)(H,17,18)(H,19,20)/t9-/m1/s1. The maximum Gasteiger partial charge on any atom is 0.326 e. The van der Waals surface area contributed by atoms with Gasteiger partial charge in [0.05, 0.1) is 12.7 Å². The van der Waals surface area contributed by atoms with Crippen LogP contribution in [0.2, 0.25) is 0 Å². The number of carboxylic acids is 2. The quantitative estimate of drug-likeness (QED) is 0.543. The summed E-state index contributed by atoms with van der Waals surface area (Å²) in [5.41, 5.74) is 0.783. The van der Waals surface area contributed by atoms with Crippen molar-refractivity contribution < 1.29 is 24.6 Å². The van der Waals surface area contributed by atoms with Crippen molar-refractivity contribution in [3.8, 4) is 0 Å². The van der Waals surface area contributed by atoms with Crippen LogP contribution in [0.4, 0.5) is 4.79 Å². The van der Waals surface area contributed by atoms with Crippen LogP contribution in [0.15, 0.2) is 12.4 Å². The molecular weight excluding hydrogens is 280 g/mol. The smallest absolute Gasteiger partial charge is 0.326 e. The van der Waals surface area contributed by atoms with E-state index < -0.39 is 24.0 Å². The minimum absolute atomic E-state index is 0.0624. The lowest BCUT2D eigenvalue weighted by Gasteiger charge is -2.20. The first-order valence-electron chi connectivity index (χ1n) is 6.34. The summed E-state index contributed by atoms with van der Waals surface area (Å²) in [7, 11) is 1.53. The number of amides is 2. The zero-order valence-corrected chi connectivity index (χ0v) is 11.6. The van der Waals surface area contributed by atoms with Gasteiger partial charge in [-0.3, -0.25) is 9.89 Å². The van der Waals surface area contributed by atoms with Crippen LogP contribution in [-0.4, -0.2) is 56.4 Å². The Morgan fingerprint density at radius 1 is 1.43 bits per heavy atom. The van der Waals surface area contributed by atoms with Gasteiger partial charge in [-0.05, 0) is 12.8 Å². The van der Waals surface area contributed by atoms with Crippen LogP contribution in [-0.2, 0) is 16.1 Å². The second-order valence-electron chi connectivity index (χ2n) is 4.59. The highest BCUT2D eigenvalue weighted by molar-refractivity contribution is 5.82. The van der Waals surface area contributed by atoms with Gasteiger partial charge in [0, 0.05) is 25.2 Å². The van der Waals surface area contributed by atoms with E-state index in [1.807, 2.05) is 0 Å². The molecule has 1 rings (SSSR count). The minimum Gasteiger partial charge on any atom is -0.481 e. The molecule has 0 aliphatic carbocycles. The molecule has 0 bridgehead atoms. The number of rotatable bonds is 8. The number of nitrogens with one attached hydrogen (secondary N) is 2. The van der Waals surface area contributed by atoms with Crippen LogP contribution in [0.1, 0.15) is 24.8 Å². The summed E-state index contributed by atoms with van der Waals surface area (Å²) in [4.78, 5) is 34.7. The van der Waals surface area contributed by atoms with Gasteiger partial charge in [-0.1, -0.05) is 0 Å². The first-order chi connectivity index (χ1) is 9.90. The fourth-order valence-electron chi connectivity index (χ4n) is 1.68. The van der Waals surface area contributed by atoms with E-state index in [0.717, 1.165) is 5.56 Å². The third-order valence-corrected chi connectivity index (χ3v) is 2.80. The topological polar surface area (TPSA) is 136 Å². The number of H-pyrrole nitrogens is 1. The largest absolute Gasteiger partial charge is 0.481 e. The molecular formula is C12H18N4O5. The number of aromatic amines is 1. The molecule has 0 spiro atoms. The van der Waals surface area contributed by atoms with Crippen LogP contribution in [0.25, 0.3) is 0 Å². The molecule has 1 aromatic heterocycles. The molecule has 1 heterocycles. The molecule has 0 radical (unpaired) electrons. The van der Waals surface area contributed by atoms with Gasteiger partial charge in [0.15, 0.2) is 0 Å². The van der Waals surface area contributed by atoms with Crippen LogP contribution in [0.5, 0.6) is 0 Å². The summed E-state index contributed by atoms with van der Waals surface area (Å²) in [6, 6.07) is -1.65. The number of aromatic nitrogens is 2. The van der Waals surface area contributed by atoms with E-state index in [2.05, 4.69) is 15.5 Å². The molecule has 0 unspecified atom stereocenters. The first-order valence-corrected chi connectivity index (χ1v) is 6.34. The highest BCUT2D eigenvalue weighted by Crippen LogP contribution is 2.04. The second-order valence-corrected chi connectivity index (χ2v) is 4.59. The monoisotopic (exact) mass is 298 g/mol. The molecule has 0 aromatic carbocycles. The number of carbonyl (C=O) groups is 3.